The number of likely N-dealkylation sites (tertiary alicyclic amines) is 1. The van der Waals surface area contributed by atoms with Crippen LogP contribution in [0.15, 0.2) is 35.5 Å². The highest BCUT2D eigenvalue weighted by Crippen LogP contribution is 2.26. The molecule has 2 N–H and O–H groups in total. The molecule has 34 heavy (non-hydrogen) atoms. The average Bonchev–Trinajstić information content (AvgIpc) is 3.29. The molecule has 0 saturated carbocycles. The largest absolute Gasteiger partial charge is 0.369 e. The highest BCUT2D eigenvalue weighted by molar-refractivity contribution is 7.89. The first-order valence-electron chi connectivity index (χ1n) is 11.4. The van der Waals surface area contributed by atoms with Gasteiger partial charge in [-0.25, -0.2) is 8.42 Å². The average molecular weight is 509 g/mol. The number of nitrogens with two attached hydrogens (primary N) is 1. The predicted molar refractivity (Wildman–Crippen MR) is 128 cm³/mol. The zero-order valence-electron chi connectivity index (χ0n) is 19.1. The van der Waals surface area contributed by atoms with Crippen LogP contribution < -0.4 is 10.6 Å². The van der Waals surface area contributed by atoms with Gasteiger partial charge in [-0.1, -0.05) is 17.7 Å². The molecule has 0 radical (unpaired) electrons. The number of aryl methyl sites for hydroxylation is 1. The van der Waals surface area contributed by atoms with Crippen molar-refractivity contribution in [3.63, 3.8) is 0 Å². The van der Waals surface area contributed by atoms with Crippen LogP contribution >= 0.6 is 11.6 Å². The number of hydrogen-bond acceptors (Lipinski definition) is 6. The summed E-state index contributed by atoms with van der Waals surface area (Å²) in [6.07, 6.45) is 2.44. The summed E-state index contributed by atoms with van der Waals surface area (Å²) >= 11 is 6.09. The van der Waals surface area contributed by atoms with Crippen LogP contribution in [0.5, 0.6) is 0 Å². The zero-order chi connectivity index (χ0) is 24.5. The van der Waals surface area contributed by atoms with Gasteiger partial charge in [0.05, 0.1) is 5.56 Å². The number of hydrogen-bond donors (Lipinski definition) is 1. The Labute approximate surface area is 204 Å². The molecule has 0 atom stereocenters. The molecular formula is C22H29ClN6O4S. The fourth-order valence-electron chi connectivity index (χ4n) is 4.42. The summed E-state index contributed by atoms with van der Waals surface area (Å²) < 4.78 is 29.9. The number of piperidine rings is 1. The smallest absolute Gasteiger partial charge is 0.263 e. The molecule has 0 bridgehead atoms. The molecule has 1 aromatic heterocycles. The van der Waals surface area contributed by atoms with E-state index in [4.69, 9.17) is 17.3 Å². The fraction of sp³-hybridized carbons (Fsp3) is 0.500. The molecule has 2 aliphatic heterocycles. The van der Waals surface area contributed by atoms with Gasteiger partial charge in [-0.05, 0) is 38.0 Å². The van der Waals surface area contributed by atoms with E-state index in [1.807, 2.05) is 25.1 Å². The first-order chi connectivity index (χ1) is 16.2. The SMILES string of the molecule is CCn1cc(C(=O)N2CCC(C(N)=O)CC2)c(S(=O)(=O)N2CCN(c3cccc(Cl)c3)CC2)n1. The van der Waals surface area contributed by atoms with Crippen molar-refractivity contribution in [3.05, 3.63) is 41.0 Å². The standard InChI is InChI=1S/C22H29ClN6O4S/c1-2-28-15-19(22(31)27-8-6-16(7-9-27)20(24)30)21(25-28)34(32,33)29-12-10-26(11-13-29)18-5-3-4-17(23)14-18/h3-5,14-16H,2,6-13H2,1H3,(H2,24,30). The number of rotatable bonds is 6. The summed E-state index contributed by atoms with van der Waals surface area (Å²) in [5.41, 5.74) is 6.39. The van der Waals surface area contributed by atoms with Crippen molar-refractivity contribution in [3.8, 4) is 0 Å². The number of anilines is 1. The van der Waals surface area contributed by atoms with E-state index in [0.717, 1.165) is 5.69 Å². The number of carbonyl (C=O) groups excluding carboxylic acids is 2. The lowest BCUT2D eigenvalue weighted by Gasteiger charge is -2.35. The molecule has 0 aliphatic carbocycles. The van der Waals surface area contributed by atoms with E-state index >= 15 is 0 Å². The van der Waals surface area contributed by atoms with Gasteiger partial charge in [-0.2, -0.15) is 9.40 Å². The van der Waals surface area contributed by atoms with Crippen LogP contribution in [0.1, 0.15) is 30.1 Å². The molecule has 2 amide bonds. The van der Waals surface area contributed by atoms with Crippen LogP contribution in [-0.2, 0) is 21.4 Å². The first-order valence-corrected chi connectivity index (χ1v) is 13.2. The quantitative estimate of drug-likeness (QED) is 0.629. The van der Waals surface area contributed by atoms with Crippen molar-refractivity contribution in [2.75, 3.05) is 44.2 Å². The van der Waals surface area contributed by atoms with Gasteiger partial charge in [0.25, 0.3) is 15.9 Å². The lowest BCUT2D eigenvalue weighted by atomic mass is 9.96. The number of amides is 2. The highest BCUT2D eigenvalue weighted by atomic mass is 35.5. The Morgan fingerprint density at radius 2 is 1.79 bits per heavy atom. The predicted octanol–water partition coefficient (Wildman–Crippen LogP) is 1.40. The van der Waals surface area contributed by atoms with Crippen molar-refractivity contribution in [1.82, 2.24) is 19.0 Å². The molecule has 0 spiro atoms. The Kier molecular flexibility index (Phi) is 7.15. The maximum Gasteiger partial charge on any atom is 0.263 e. The van der Waals surface area contributed by atoms with Gasteiger partial charge in [0.2, 0.25) is 10.9 Å². The van der Waals surface area contributed by atoms with Gasteiger partial charge in [-0.15, -0.1) is 0 Å². The summed E-state index contributed by atoms with van der Waals surface area (Å²) in [6, 6.07) is 7.46. The second kappa shape index (κ2) is 9.93. The molecule has 3 heterocycles. The van der Waals surface area contributed by atoms with E-state index in [-0.39, 0.29) is 35.5 Å². The third-order valence-corrected chi connectivity index (χ3v) is 8.53. The maximum atomic E-state index is 13.5. The molecular weight excluding hydrogens is 480 g/mol. The lowest BCUT2D eigenvalue weighted by molar-refractivity contribution is -0.123. The Balaban J connectivity index is 1.52. The molecule has 1 aromatic carbocycles. The van der Waals surface area contributed by atoms with Gasteiger partial charge in [0.15, 0.2) is 0 Å². The fourth-order valence-corrected chi connectivity index (χ4v) is 6.12. The van der Waals surface area contributed by atoms with Gasteiger partial charge in [-0.3, -0.25) is 14.3 Å². The minimum Gasteiger partial charge on any atom is -0.369 e. The summed E-state index contributed by atoms with van der Waals surface area (Å²) in [7, 11) is -3.98. The summed E-state index contributed by atoms with van der Waals surface area (Å²) in [5.74, 6) is -1.02. The number of benzene rings is 1. The van der Waals surface area contributed by atoms with Gasteiger partial charge < -0.3 is 15.5 Å². The summed E-state index contributed by atoms with van der Waals surface area (Å²) in [6.45, 7) is 4.50. The monoisotopic (exact) mass is 508 g/mol. The van der Waals surface area contributed by atoms with Crippen molar-refractivity contribution in [1.29, 1.82) is 0 Å². The van der Waals surface area contributed by atoms with Crippen LogP contribution in [0.25, 0.3) is 0 Å². The number of sulfonamides is 1. The molecule has 0 unspecified atom stereocenters. The summed E-state index contributed by atoms with van der Waals surface area (Å²) in [4.78, 5) is 28.4. The second-order valence-electron chi connectivity index (χ2n) is 8.54. The van der Waals surface area contributed by atoms with Crippen LogP contribution in [0.4, 0.5) is 5.69 Å². The third kappa shape index (κ3) is 4.91. The topological polar surface area (TPSA) is 122 Å². The molecule has 184 valence electrons. The van der Waals surface area contributed by atoms with E-state index < -0.39 is 15.9 Å². The number of nitrogens with zero attached hydrogens (tertiary/aromatic N) is 5. The Morgan fingerprint density at radius 1 is 1.12 bits per heavy atom. The number of aromatic nitrogens is 2. The minimum atomic E-state index is -3.98. The van der Waals surface area contributed by atoms with Crippen molar-refractivity contribution in [2.45, 2.75) is 31.3 Å². The first kappa shape index (κ1) is 24.5. The van der Waals surface area contributed by atoms with E-state index in [0.29, 0.717) is 50.6 Å². The number of primary amides is 1. The van der Waals surface area contributed by atoms with E-state index in [2.05, 4.69) is 10.00 Å². The number of carbonyl (C=O) groups is 2. The van der Waals surface area contributed by atoms with Gasteiger partial charge in [0.1, 0.15) is 0 Å². The zero-order valence-corrected chi connectivity index (χ0v) is 20.6. The van der Waals surface area contributed by atoms with Crippen molar-refractivity contribution >= 4 is 39.1 Å². The highest BCUT2D eigenvalue weighted by Gasteiger charge is 2.37. The second-order valence-corrected chi connectivity index (χ2v) is 10.8. The summed E-state index contributed by atoms with van der Waals surface area (Å²) in [5, 5.41) is 4.67. The lowest BCUT2D eigenvalue weighted by Crippen LogP contribution is -2.49. The van der Waals surface area contributed by atoms with E-state index in [1.165, 1.54) is 15.2 Å². The van der Waals surface area contributed by atoms with E-state index in [9.17, 15) is 18.0 Å². The maximum absolute atomic E-state index is 13.5. The molecule has 2 aliphatic rings. The number of piperazine rings is 1. The van der Waals surface area contributed by atoms with Gasteiger partial charge >= 0.3 is 0 Å². The van der Waals surface area contributed by atoms with E-state index in [1.54, 1.807) is 11.0 Å². The molecule has 4 rings (SSSR count). The molecule has 12 heteroatoms. The van der Waals surface area contributed by atoms with Crippen LogP contribution in [0.3, 0.4) is 0 Å². The van der Waals surface area contributed by atoms with Crippen LogP contribution in [-0.4, -0.2) is 78.5 Å². The Hall–Kier alpha value is -2.63. The van der Waals surface area contributed by atoms with Crippen LogP contribution in [0, 0.1) is 5.92 Å². The Morgan fingerprint density at radius 3 is 2.38 bits per heavy atom. The molecule has 2 aromatic rings. The molecule has 10 nitrogen and oxygen atoms in total. The third-order valence-electron chi connectivity index (χ3n) is 6.46. The Bertz CT molecular complexity index is 1170. The van der Waals surface area contributed by atoms with Gasteiger partial charge in [0, 0.05) is 68.6 Å². The molecule has 2 fully saturated rings. The van der Waals surface area contributed by atoms with Crippen LogP contribution in [0.2, 0.25) is 5.02 Å². The number of halogens is 1. The minimum absolute atomic E-state index is 0.0663. The normalized spacial score (nSPS) is 18.3. The van der Waals surface area contributed by atoms with Crippen molar-refractivity contribution < 1.29 is 18.0 Å². The van der Waals surface area contributed by atoms with Crippen molar-refractivity contribution in [2.24, 2.45) is 11.7 Å². The molecule has 2 saturated heterocycles.